The van der Waals surface area contributed by atoms with E-state index in [4.69, 9.17) is 21.1 Å². The summed E-state index contributed by atoms with van der Waals surface area (Å²) in [5, 5.41) is 2.23. The van der Waals surface area contributed by atoms with Crippen LogP contribution in [-0.4, -0.2) is 32.4 Å². The second-order valence-electron chi connectivity index (χ2n) is 4.04. The van der Waals surface area contributed by atoms with Gasteiger partial charge in [0, 0.05) is 10.6 Å². The summed E-state index contributed by atoms with van der Waals surface area (Å²) in [6, 6.07) is 3.16. The maximum Gasteiger partial charge on any atom is 0.401 e. The molecule has 21 heavy (non-hydrogen) atoms. The quantitative estimate of drug-likeness (QED) is 0.816. The van der Waals surface area contributed by atoms with Gasteiger partial charge < -0.3 is 9.47 Å². The Bertz CT molecular complexity index is 494. The Labute approximate surface area is 125 Å². The lowest BCUT2D eigenvalue weighted by Gasteiger charge is -2.21. The molecule has 118 valence electrons. The van der Waals surface area contributed by atoms with Gasteiger partial charge >= 0.3 is 12.1 Å². The van der Waals surface area contributed by atoms with E-state index in [1.807, 2.05) is 0 Å². The van der Waals surface area contributed by atoms with Crippen molar-refractivity contribution in [2.24, 2.45) is 0 Å². The number of halogens is 4. The molecule has 0 radical (unpaired) electrons. The maximum atomic E-state index is 12.4. The van der Waals surface area contributed by atoms with E-state index in [0.29, 0.717) is 0 Å². The van der Waals surface area contributed by atoms with Gasteiger partial charge in [-0.25, -0.2) is 4.79 Å². The molecular formula is C13H15ClF3NO3. The molecule has 0 spiro atoms. The summed E-state index contributed by atoms with van der Waals surface area (Å²) >= 11 is 5.99. The van der Waals surface area contributed by atoms with Gasteiger partial charge in [-0.1, -0.05) is 17.7 Å². The number of esters is 1. The Morgan fingerprint density at radius 1 is 1.43 bits per heavy atom. The van der Waals surface area contributed by atoms with Crippen LogP contribution in [0.25, 0.3) is 0 Å². The third-order valence-corrected chi connectivity index (χ3v) is 2.88. The molecule has 1 unspecified atom stereocenters. The molecule has 0 fully saturated rings. The summed E-state index contributed by atoms with van der Waals surface area (Å²) in [6.07, 6.45) is -4.47. The largest absolute Gasteiger partial charge is 0.496 e. The summed E-state index contributed by atoms with van der Waals surface area (Å²) in [7, 11) is 1.33. The highest BCUT2D eigenvalue weighted by molar-refractivity contribution is 6.31. The predicted molar refractivity (Wildman–Crippen MR) is 71.4 cm³/mol. The first-order valence-corrected chi connectivity index (χ1v) is 6.47. The van der Waals surface area contributed by atoms with Crippen LogP contribution in [0.2, 0.25) is 5.02 Å². The second kappa shape index (κ2) is 7.51. The van der Waals surface area contributed by atoms with Crippen LogP contribution in [0.15, 0.2) is 18.2 Å². The van der Waals surface area contributed by atoms with Crippen LogP contribution < -0.4 is 10.1 Å². The van der Waals surface area contributed by atoms with Crippen LogP contribution in [0.5, 0.6) is 5.75 Å². The Morgan fingerprint density at radius 2 is 2.10 bits per heavy atom. The number of carbonyl (C=O) groups excluding carboxylic acids is 1. The van der Waals surface area contributed by atoms with Crippen molar-refractivity contribution in [1.29, 1.82) is 0 Å². The van der Waals surface area contributed by atoms with Crippen molar-refractivity contribution in [1.82, 2.24) is 5.32 Å². The fourth-order valence-corrected chi connectivity index (χ4v) is 2.00. The Kier molecular flexibility index (Phi) is 6.29. The smallest absolute Gasteiger partial charge is 0.401 e. The van der Waals surface area contributed by atoms with Crippen molar-refractivity contribution in [3.63, 3.8) is 0 Å². The fraction of sp³-hybridized carbons (Fsp3) is 0.462. The molecule has 1 atom stereocenters. The molecule has 8 heteroatoms. The molecule has 0 aliphatic rings. The first-order valence-electron chi connectivity index (χ1n) is 6.09. The van der Waals surface area contributed by atoms with Gasteiger partial charge in [0.2, 0.25) is 0 Å². The average Bonchev–Trinajstić information content (AvgIpc) is 2.39. The highest BCUT2D eigenvalue weighted by Gasteiger charge is 2.33. The number of nitrogens with one attached hydrogen (secondary N) is 1. The van der Waals surface area contributed by atoms with Gasteiger partial charge in [-0.2, -0.15) is 13.2 Å². The van der Waals surface area contributed by atoms with Crippen molar-refractivity contribution in [2.45, 2.75) is 19.1 Å². The minimum absolute atomic E-state index is 0.0375. The molecule has 0 amide bonds. The molecule has 0 bridgehead atoms. The summed E-state index contributed by atoms with van der Waals surface area (Å²) in [5.41, 5.74) is 0.115. The first-order chi connectivity index (χ1) is 9.80. The predicted octanol–water partition coefficient (Wildman–Crippen LogP) is 3.10. The highest BCUT2D eigenvalue weighted by Crippen LogP contribution is 2.33. The fourth-order valence-electron chi connectivity index (χ4n) is 1.72. The monoisotopic (exact) mass is 325 g/mol. The van der Waals surface area contributed by atoms with Crippen molar-refractivity contribution >= 4 is 17.6 Å². The number of rotatable bonds is 6. The molecule has 0 aliphatic carbocycles. The van der Waals surface area contributed by atoms with E-state index in [-0.39, 0.29) is 22.9 Å². The first kappa shape index (κ1) is 17.6. The molecule has 1 aromatic carbocycles. The van der Waals surface area contributed by atoms with Gasteiger partial charge in [-0.15, -0.1) is 0 Å². The molecule has 0 aromatic heterocycles. The van der Waals surface area contributed by atoms with Gasteiger partial charge in [0.05, 0.1) is 20.3 Å². The number of ether oxygens (including phenoxy) is 2. The minimum Gasteiger partial charge on any atom is -0.496 e. The zero-order chi connectivity index (χ0) is 16.0. The molecule has 1 N–H and O–H groups in total. The molecule has 4 nitrogen and oxygen atoms in total. The van der Waals surface area contributed by atoms with Gasteiger partial charge in [0.15, 0.2) is 0 Å². The van der Waals surface area contributed by atoms with E-state index in [1.54, 1.807) is 13.0 Å². The standard InChI is InChI=1S/C13H15ClF3NO3/c1-3-21-12(19)11(18-7-13(15,16)17)10-8(14)5-4-6-9(10)20-2/h4-6,11,18H,3,7H2,1-2H3. The maximum absolute atomic E-state index is 12.4. The van der Waals surface area contributed by atoms with Crippen molar-refractivity contribution < 1.29 is 27.4 Å². The van der Waals surface area contributed by atoms with Crippen molar-refractivity contribution in [3.8, 4) is 5.75 Å². The minimum atomic E-state index is -4.47. The van der Waals surface area contributed by atoms with Crippen LogP contribution in [0.1, 0.15) is 18.5 Å². The number of methoxy groups -OCH3 is 1. The summed E-state index contributed by atoms with van der Waals surface area (Å²) in [4.78, 5) is 11.9. The average molecular weight is 326 g/mol. The van der Waals surface area contributed by atoms with E-state index in [2.05, 4.69) is 5.32 Å². The molecular weight excluding hydrogens is 311 g/mol. The van der Waals surface area contributed by atoms with E-state index in [0.717, 1.165) is 0 Å². The second-order valence-corrected chi connectivity index (χ2v) is 4.44. The zero-order valence-electron chi connectivity index (χ0n) is 11.5. The lowest BCUT2D eigenvalue weighted by molar-refractivity contribution is -0.149. The zero-order valence-corrected chi connectivity index (χ0v) is 12.2. The molecule has 1 rings (SSSR count). The summed E-state index contributed by atoms with van der Waals surface area (Å²) < 4.78 is 47.0. The summed E-state index contributed by atoms with van der Waals surface area (Å²) in [6.45, 7) is 0.239. The molecule has 0 saturated carbocycles. The van der Waals surface area contributed by atoms with E-state index < -0.39 is 24.7 Å². The van der Waals surface area contributed by atoms with Crippen molar-refractivity contribution in [2.75, 3.05) is 20.3 Å². The van der Waals surface area contributed by atoms with E-state index in [1.165, 1.54) is 19.2 Å². The van der Waals surface area contributed by atoms with Crippen LogP contribution in [0.3, 0.4) is 0 Å². The molecule has 0 saturated heterocycles. The van der Waals surface area contributed by atoms with Gasteiger partial charge in [0.1, 0.15) is 11.8 Å². The number of carbonyl (C=O) groups is 1. The molecule has 0 aliphatic heterocycles. The van der Waals surface area contributed by atoms with E-state index >= 15 is 0 Å². The Morgan fingerprint density at radius 3 is 2.62 bits per heavy atom. The summed E-state index contributed by atoms with van der Waals surface area (Å²) in [5.74, 6) is -0.650. The third-order valence-electron chi connectivity index (χ3n) is 2.55. The number of alkyl halides is 3. The normalized spacial score (nSPS) is 12.9. The van der Waals surface area contributed by atoms with Crippen LogP contribution in [-0.2, 0) is 9.53 Å². The van der Waals surface area contributed by atoms with E-state index in [9.17, 15) is 18.0 Å². The third kappa shape index (κ3) is 5.09. The van der Waals surface area contributed by atoms with Crippen LogP contribution >= 0.6 is 11.6 Å². The topological polar surface area (TPSA) is 47.6 Å². The Balaban J connectivity index is 3.14. The van der Waals surface area contributed by atoms with Crippen LogP contribution in [0, 0.1) is 0 Å². The van der Waals surface area contributed by atoms with Gasteiger partial charge in [0.25, 0.3) is 0 Å². The number of hydrogen-bond acceptors (Lipinski definition) is 4. The lowest BCUT2D eigenvalue weighted by Crippen LogP contribution is -2.37. The molecule has 0 heterocycles. The number of benzene rings is 1. The SMILES string of the molecule is CCOC(=O)C(NCC(F)(F)F)c1c(Cl)cccc1OC. The Hall–Kier alpha value is -1.47. The number of hydrogen-bond donors (Lipinski definition) is 1. The highest BCUT2D eigenvalue weighted by atomic mass is 35.5. The van der Waals surface area contributed by atoms with Gasteiger partial charge in [-0.3, -0.25) is 5.32 Å². The lowest BCUT2D eigenvalue weighted by atomic mass is 10.1. The van der Waals surface area contributed by atoms with Gasteiger partial charge in [-0.05, 0) is 19.1 Å². The van der Waals surface area contributed by atoms with Crippen LogP contribution in [0.4, 0.5) is 13.2 Å². The van der Waals surface area contributed by atoms with Crippen molar-refractivity contribution in [3.05, 3.63) is 28.8 Å². The molecule has 1 aromatic rings.